The van der Waals surface area contributed by atoms with Crippen molar-refractivity contribution in [3.63, 3.8) is 0 Å². The second-order valence-corrected chi connectivity index (χ2v) is 6.07. The van der Waals surface area contributed by atoms with E-state index in [9.17, 15) is 19.2 Å². The van der Waals surface area contributed by atoms with Gasteiger partial charge in [0.2, 0.25) is 0 Å². The summed E-state index contributed by atoms with van der Waals surface area (Å²) < 4.78 is 22.7. The first-order chi connectivity index (χ1) is 13.3. The van der Waals surface area contributed by atoms with Gasteiger partial charge in [-0.3, -0.25) is 19.2 Å². The van der Waals surface area contributed by atoms with Crippen molar-refractivity contribution in [1.82, 2.24) is 19.7 Å². The van der Waals surface area contributed by atoms with Crippen molar-refractivity contribution in [1.29, 1.82) is 0 Å². The Kier molecular flexibility index (Phi) is 5.40. The van der Waals surface area contributed by atoms with Gasteiger partial charge in [-0.2, -0.15) is 5.10 Å². The summed E-state index contributed by atoms with van der Waals surface area (Å²) in [5, 5.41) is 4.30. The fourth-order valence-electron chi connectivity index (χ4n) is 2.95. The summed E-state index contributed by atoms with van der Waals surface area (Å²) in [7, 11) is 0. The number of fused-ring (bicyclic) bond motifs is 1. The number of carbonyl (C=O) groups is 3. The molecule has 1 aliphatic heterocycles. The molecular formula is C16H18N4O8. The summed E-state index contributed by atoms with van der Waals surface area (Å²) >= 11 is 0. The Hall–Kier alpha value is -3.28. The molecule has 0 aromatic carbocycles. The summed E-state index contributed by atoms with van der Waals surface area (Å²) in [6, 6.07) is 0. The Balaban J connectivity index is 2.02. The first-order valence-electron chi connectivity index (χ1n) is 8.32. The van der Waals surface area contributed by atoms with Crippen LogP contribution in [0.3, 0.4) is 0 Å². The Labute approximate surface area is 157 Å². The van der Waals surface area contributed by atoms with Crippen LogP contribution in [-0.4, -0.2) is 62.6 Å². The van der Waals surface area contributed by atoms with Crippen LogP contribution < -0.4 is 5.56 Å². The molecule has 0 aliphatic carbocycles. The molecule has 0 amide bonds. The van der Waals surface area contributed by atoms with Crippen molar-refractivity contribution < 1.29 is 33.3 Å². The first-order valence-corrected chi connectivity index (χ1v) is 8.32. The molecule has 28 heavy (non-hydrogen) atoms. The Bertz CT molecular complexity index is 967. The lowest BCUT2D eigenvalue weighted by Crippen LogP contribution is -2.40. The highest BCUT2D eigenvalue weighted by Crippen LogP contribution is 2.35. The SMILES string of the molecule is CC(=O)OC[C@H]1O[C@@H](n2ncc3c(=O)[nH]cnc32)[C@H](OC(C)=O)[C@@H]1OC(C)=O. The van der Waals surface area contributed by atoms with E-state index in [-0.39, 0.29) is 17.6 Å². The molecule has 0 bridgehead atoms. The van der Waals surface area contributed by atoms with Gasteiger partial charge in [0.05, 0.1) is 12.5 Å². The lowest BCUT2D eigenvalue weighted by Gasteiger charge is -2.23. The van der Waals surface area contributed by atoms with Crippen LogP contribution in [0.2, 0.25) is 0 Å². The summed E-state index contributed by atoms with van der Waals surface area (Å²) in [4.78, 5) is 52.8. The van der Waals surface area contributed by atoms with Crippen molar-refractivity contribution >= 4 is 28.9 Å². The van der Waals surface area contributed by atoms with Crippen molar-refractivity contribution in [2.75, 3.05) is 6.61 Å². The number of nitrogens with zero attached hydrogens (tertiary/aromatic N) is 3. The molecule has 4 atom stereocenters. The standard InChI is InChI=1S/C16H18N4O8/c1-7(21)25-5-11-12(26-8(2)22)13(27-9(3)23)16(28-11)20-14-10(4-19-20)15(24)18-6-17-14/h4,6,11-13,16H,5H2,1-3H3,(H,17,18,24)/t11-,12-,13-,16-/m1/s1. The number of carbonyl (C=O) groups excluding carboxylic acids is 3. The van der Waals surface area contributed by atoms with Crippen molar-refractivity contribution in [2.24, 2.45) is 0 Å². The van der Waals surface area contributed by atoms with E-state index in [1.54, 1.807) is 0 Å². The minimum atomic E-state index is -1.11. The summed E-state index contributed by atoms with van der Waals surface area (Å²) in [6.45, 7) is 3.35. The van der Waals surface area contributed by atoms with Gasteiger partial charge in [-0.15, -0.1) is 0 Å². The maximum Gasteiger partial charge on any atom is 0.303 e. The van der Waals surface area contributed by atoms with Gasteiger partial charge in [-0.1, -0.05) is 0 Å². The molecule has 1 N–H and O–H groups in total. The molecule has 1 fully saturated rings. The van der Waals surface area contributed by atoms with Crippen LogP contribution in [0, 0.1) is 0 Å². The summed E-state index contributed by atoms with van der Waals surface area (Å²) in [5.41, 5.74) is -0.230. The van der Waals surface area contributed by atoms with E-state index in [4.69, 9.17) is 18.9 Å². The molecule has 0 unspecified atom stereocenters. The minimum Gasteiger partial charge on any atom is -0.463 e. The predicted molar refractivity (Wildman–Crippen MR) is 89.8 cm³/mol. The number of hydrogen-bond donors (Lipinski definition) is 1. The number of ether oxygens (including phenoxy) is 4. The average molecular weight is 394 g/mol. The average Bonchev–Trinajstić information content (AvgIpc) is 3.16. The lowest BCUT2D eigenvalue weighted by molar-refractivity contribution is -0.166. The molecular weight excluding hydrogens is 376 g/mol. The van der Waals surface area contributed by atoms with Gasteiger partial charge in [0.25, 0.3) is 5.56 Å². The van der Waals surface area contributed by atoms with E-state index in [0.29, 0.717) is 0 Å². The van der Waals surface area contributed by atoms with Gasteiger partial charge in [0.1, 0.15) is 18.1 Å². The van der Waals surface area contributed by atoms with Crippen molar-refractivity contribution in [3.05, 3.63) is 22.9 Å². The molecule has 3 rings (SSSR count). The van der Waals surface area contributed by atoms with Crippen LogP contribution in [0.1, 0.15) is 27.0 Å². The third-order valence-corrected chi connectivity index (χ3v) is 3.98. The highest BCUT2D eigenvalue weighted by molar-refractivity contribution is 5.73. The molecule has 1 aliphatic rings. The zero-order chi connectivity index (χ0) is 20.4. The zero-order valence-corrected chi connectivity index (χ0v) is 15.3. The van der Waals surface area contributed by atoms with Gasteiger partial charge in [-0.25, -0.2) is 9.67 Å². The van der Waals surface area contributed by atoms with Crippen LogP contribution in [0.15, 0.2) is 17.3 Å². The van der Waals surface area contributed by atoms with E-state index in [1.807, 2.05) is 0 Å². The van der Waals surface area contributed by atoms with Crippen LogP contribution >= 0.6 is 0 Å². The highest BCUT2D eigenvalue weighted by atomic mass is 16.7. The smallest absolute Gasteiger partial charge is 0.303 e. The van der Waals surface area contributed by atoms with E-state index in [0.717, 1.165) is 0 Å². The molecule has 3 heterocycles. The Morgan fingerprint density at radius 1 is 1.14 bits per heavy atom. The van der Waals surface area contributed by atoms with Gasteiger partial charge >= 0.3 is 17.9 Å². The van der Waals surface area contributed by atoms with E-state index in [1.165, 1.54) is 38.0 Å². The first kappa shape index (κ1) is 19.5. The van der Waals surface area contributed by atoms with Gasteiger partial charge in [0.15, 0.2) is 24.1 Å². The molecule has 2 aromatic rings. The number of nitrogens with one attached hydrogen (secondary N) is 1. The quantitative estimate of drug-likeness (QED) is 0.516. The summed E-state index contributed by atoms with van der Waals surface area (Å²) in [5.74, 6) is -1.85. The molecule has 150 valence electrons. The highest BCUT2D eigenvalue weighted by Gasteiger charge is 2.51. The lowest BCUT2D eigenvalue weighted by atomic mass is 10.1. The molecule has 12 heteroatoms. The fraction of sp³-hybridized carbons (Fsp3) is 0.500. The normalized spacial score (nSPS) is 24.1. The number of H-pyrrole nitrogens is 1. The molecule has 0 radical (unpaired) electrons. The van der Waals surface area contributed by atoms with Crippen LogP contribution in [-0.2, 0) is 33.3 Å². The topological polar surface area (TPSA) is 152 Å². The number of rotatable bonds is 5. The monoisotopic (exact) mass is 394 g/mol. The molecule has 0 saturated carbocycles. The number of aromatic nitrogens is 4. The molecule has 2 aromatic heterocycles. The fourth-order valence-corrected chi connectivity index (χ4v) is 2.95. The van der Waals surface area contributed by atoms with Crippen molar-refractivity contribution in [3.8, 4) is 0 Å². The minimum absolute atomic E-state index is 0.181. The third-order valence-electron chi connectivity index (χ3n) is 3.98. The maximum atomic E-state index is 11.9. The number of aromatic amines is 1. The van der Waals surface area contributed by atoms with E-state index < -0.39 is 48.0 Å². The second kappa shape index (κ2) is 7.76. The van der Waals surface area contributed by atoms with Crippen LogP contribution in [0.5, 0.6) is 0 Å². The molecule has 0 spiro atoms. The van der Waals surface area contributed by atoms with Crippen molar-refractivity contribution in [2.45, 2.75) is 45.3 Å². The predicted octanol–water partition coefficient (Wildman–Crippen LogP) is -0.556. The number of hydrogen-bond acceptors (Lipinski definition) is 10. The summed E-state index contributed by atoms with van der Waals surface area (Å²) in [6.07, 6.45) is -1.68. The van der Waals surface area contributed by atoms with Gasteiger partial charge < -0.3 is 23.9 Å². The van der Waals surface area contributed by atoms with Gasteiger partial charge in [0, 0.05) is 20.8 Å². The molecule has 1 saturated heterocycles. The van der Waals surface area contributed by atoms with Crippen LogP contribution in [0.4, 0.5) is 0 Å². The zero-order valence-electron chi connectivity index (χ0n) is 15.3. The number of esters is 3. The second-order valence-electron chi connectivity index (χ2n) is 6.07. The van der Waals surface area contributed by atoms with E-state index >= 15 is 0 Å². The Morgan fingerprint density at radius 2 is 1.82 bits per heavy atom. The van der Waals surface area contributed by atoms with Gasteiger partial charge in [-0.05, 0) is 0 Å². The van der Waals surface area contributed by atoms with E-state index in [2.05, 4.69) is 15.1 Å². The molecule has 12 nitrogen and oxygen atoms in total. The third kappa shape index (κ3) is 3.86. The van der Waals surface area contributed by atoms with Crippen LogP contribution in [0.25, 0.3) is 11.0 Å². The largest absolute Gasteiger partial charge is 0.463 e. The maximum absolute atomic E-state index is 11.9. The Morgan fingerprint density at radius 3 is 2.46 bits per heavy atom.